The monoisotopic (exact) mass is 276 g/mol. The number of benzene rings is 1. The second kappa shape index (κ2) is 4.10. The third kappa shape index (κ3) is 1.77. The van der Waals surface area contributed by atoms with E-state index in [4.69, 9.17) is 11.6 Å². The SMILES string of the molecule is Cc1nc2[nH]c(=O)c(-c3ccccc3Cl)c(O)n2n1. The fourth-order valence-electron chi connectivity index (χ4n) is 1.92. The topological polar surface area (TPSA) is 83.3 Å². The molecule has 0 saturated carbocycles. The zero-order valence-corrected chi connectivity index (χ0v) is 10.6. The summed E-state index contributed by atoms with van der Waals surface area (Å²) in [5.41, 5.74) is 0.0477. The van der Waals surface area contributed by atoms with E-state index >= 15 is 0 Å². The minimum Gasteiger partial charge on any atom is -0.493 e. The summed E-state index contributed by atoms with van der Waals surface area (Å²) >= 11 is 6.05. The third-order valence-corrected chi connectivity index (χ3v) is 3.06. The predicted octanol–water partition coefficient (Wildman–Crippen LogP) is 1.75. The number of nitrogens with zero attached hydrogens (tertiary/aromatic N) is 3. The van der Waals surface area contributed by atoms with E-state index in [1.54, 1.807) is 31.2 Å². The number of aromatic hydroxyl groups is 1. The van der Waals surface area contributed by atoms with Crippen LogP contribution in [0.15, 0.2) is 29.1 Å². The molecule has 0 radical (unpaired) electrons. The van der Waals surface area contributed by atoms with Crippen LogP contribution in [0.2, 0.25) is 5.02 Å². The van der Waals surface area contributed by atoms with Crippen LogP contribution in [0.4, 0.5) is 0 Å². The summed E-state index contributed by atoms with van der Waals surface area (Å²) in [4.78, 5) is 18.6. The summed E-state index contributed by atoms with van der Waals surface area (Å²) in [6.45, 7) is 1.67. The number of nitrogens with one attached hydrogen (secondary N) is 1. The molecule has 96 valence electrons. The van der Waals surface area contributed by atoms with E-state index in [9.17, 15) is 9.90 Å². The molecule has 3 rings (SSSR count). The van der Waals surface area contributed by atoms with Gasteiger partial charge < -0.3 is 5.11 Å². The zero-order chi connectivity index (χ0) is 13.6. The van der Waals surface area contributed by atoms with Crippen molar-refractivity contribution in [2.24, 2.45) is 0 Å². The maximum atomic E-state index is 12.1. The smallest absolute Gasteiger partial charge is 0.264 e. The van der Waals surface area contributed by atoms with E-state index in [-0.39, 0.29) is 17.2 Å². The van der Waals surface area contributed by atoms with Crippen LogP contribution in [0.1, 0.15) is 5.82 Å². The van der Waals surface area contributed by atoms with Gasteiger partial charge in [0.2, 0.25) is 11.7 Å². The molecular formula is C12H9ClN4O2. The Balaban J connectivity index is 2.42. The van der Waals surface area contributed by atoms with Crippen LogP contribution >= 0.6 is 11.6 Å². The number of halogens is 1. The number of aromatic nitrogens is 4. The van der Waals surface area contributed by atoms with Crippen molar-refractivity contribution in [3.05, 3.63) is 45.5 Å². The van der Waals surface area contributed by atoms with Crippen LogP contribution in [0, 0.1) is 6.92 Å². The van der Waals surface area contributed by atoms with Crippen LogP contribution in [0.25, 0.3) is 16.9 Å². The number of fused-ring (bicyclic) bond motifs is 1. The van der Waals surface area contributed by atoms with E-state index < -0.39 is 5.56 Å². The number of rotatable bonds is 1. The Hall–Kier alpha value is -2.34. The highest BCUT2D eigenvalue weighted by Crippen LogP contribution is 2.30. The number of hydrogen-bond acceptors (Lipinski definition) is 4. The van der Waals surface area contributed by atoms with Crippen molar-refractivity contribution in [1.29, 1.82) is 0 Å². The van der Waals surface area contributed by atoms with Gasteiger partial charge in [-0.25, -0.2) is 0 Å². The zero-order valence-electron chi connectivity index (χ0n) is 9.88. The minimum absolute atomic E-state index is 0.0722. The molecule has 3 aromatic rings. The first-order chi connectivity index (χ1) is 9.08. The summed E-state index contributed by atoms with van der Waals surface area (Å²) in [6.07, 6.45) is 0. The van der Waals surface area contributed by atoms with Gasteiger partial charge in [-0.05, 0) is 13.0 Å². The maximum absolute atomic E-state index is 12.1. The number of hydrogen-bond donors (Lipinski definition) is 2. The first-order valence-corrected chi connectivity index (χ1v) is 5.89. The molecule has 0 aliphatic heterocycles. The van der Waals surface area contributed by atoms with Crippen molar-refractivity contribution in [2.75, 3.05) is 0 Å². The predicted molar refractivity (Wildman–Crippen MR) is 70.5 cm³/mol. The molecule has 1 aromatic carbocycles. The van der Waals surface area contributed by atoms with Gasteiger partial charge in [0.25, 0.3) is 5.56 Å². The van der Waals surface area contributed by atoms with Gasteiger partial charge in [-0.1, -0.05) is 29.8 Å². The van der Waals surface area contributed by atoms with Crippen molar-refractivity contribution >= 4 is 17.4 Å². The Morgan fingerprint density at radius 1 is 1.37 bits per heavy atom. The van der Waals surface area contributed by atoms with Crippen molar-refractivity contribution in [3.63, 3.8) is 0 Å². The Morgan fingerprint density at radius 2 is 2.11 bits per heavy atom. The molecule has 2 N–H and O–H groups in total. The van der Waals surface area contributed by atoms with Crippen LogP contribution in [-0.2, 0) is 0 Å². The minimum atomic E-state index is -0.467. The average molecular weight is 277 g/mol. The first-order valence-electron chi connectivity index (χ1n) is 5.51. The molecule has 0 unspecified atom stereocenters. The van der Waals surface area contributed by atoms with Gasteiger partial charge in [0, 0.05) is 10.6 Å². The molecule has 6 nitrogen and oxygen atoms in total. The van der Waals surface area contributed by atoms with E-state index in [2.05, 4.69) is 15.1 Å². The Labute approximate surface area is 112 Å². The quantitative estimate of drug-likeness (QED) is 0.709. The average Bonchev–Trinajstić information content (AvgIpc) is 2.72. The molecule has 0 saturated heterocycles. The molecule has 0 amide bonds. The summed E-state index contributed by atoms with van der Waals surface area (Å²) in [7, 11) is 0. The largest absolute Gasteiger partial charge is 0.493 e. The Kier molecular flexibility index (Phi) is 2.53. The van der Waals surface area contributed by atoms with Crippen LogP contribution in [0.5, 0.6) is 5.88 Å². The highest BCUT2D eigenvalue weighted by Gasteiger charge is 2.17. The van der Waals surface area contributed by atoms with Gasteiger partial charge in [-0.3, -0.25) is 9.78 Å². The van der Waals surface area contributed by atoms with Crippen molar-refractivity contribution in [2.45, 2.75) is 6.92 Å². The van der Waals surface area contributed by atoms with E-state index in [1.165, 1.54) is 4.52 Å². The summed E-state index contributed by atoms with van der Waals surface area (Å²) in [5.74, 6) is 0.352. The number of aromatic amines is 1. The van der Waals surface area contributed by atoms with Crippen LogP contribution in [0.3, 0.4) is 0 Å². The normalized spacial score (nSPS) is 11.1. The lowest BCUT2D eigenvalue weighted by atomic mass is 10.1. The highest BCUT2D eigenvalue weighted by atomic mass is 35.5. The Bertz CT molecular complexity index is 837. The molecule has 0 aliphatic rings. The fraction of sp³-hybridized carbons (Fsp3) is 0.0833. The third-order valence-electron chi connectivity index (χ3n) is 2.73. The van der Waals surface area contributed by atoms with E-state index in [0.29, 0.717) is 16.4 Å². The van der Waals surface area contributed by atoms with Gasteiger partial charge in [0.05, 0.1) is 0 Å². The van der Waals surface area contributed by atoms with E-state index in [1.807, 2.05) is 0 Å². The summed E-state index contributed by atoms with van der Waals surface area (Å²) in [5, 5.41) is 14.6. The maximum Gasteiger partial charge on any atom is 0.264 e. The highest BCUT2D eigenvalue weighted by molar-refractivity contribution is 6.33. The summed E-state index contributed by atoms with van der Waals surface area (Å²) < 4.78 is 1.18. The van der Waals surface area contributed by atoms with Crippen LogP contribution < -0.4 is 5.56 Å². The molecule has 7 heteroatoms. The number of aryl methyl sites for hydroxylation is 1. The molecule has 2 aromatic heterocycles. The lowest BCUT2D eigenvalue weighted by molar-refractivity contribution is 0.436. The second-order valence-corrected chi connectivity index (χ2v) is 4.43. The van der Waals surface area contributed by atoms with Crippen molar-refractivity contribution in [3.8, 4) is 17.0 Å². The van der Waals surface area contributed by atoms with Crippen LogP contribution in [-0.4, -0.2) is 24.7 Å². The fourth-order valence-corrected chi connectivity index (χ4v) is 2.15. The first kappa shape index (κ1) is 11.7. The van der Waals surface area contributed by atoms with Gasteiger partial charge in [-0.2, -0.15) is 9.50 Å². The molecule has 0 spiro atoms. The molecule has 0 fully saturated rings. The van der Waals surface area contributed by atoms with Gasteiger partial charge >= 0.3 is 0 Å². The van der Waals surface area contributed by atoms with Crippen molar-refractivity contribution in [1.82, 2.24) is 19.6 Å². The Morgan fingerprint density at radius 3 is 2.84 bits per heavy atom. The second-order valence-electron chi connectivity index (χ2n) is 4.03. The summed E-state index contributed by atoms with van der Waals surface area (Å²) in [6, 6.07) is 6.78. The lowest BCUT2D eigenvalue weighted by Gasteiger charge is -2.06. The molecule has 0 bridgehead atoms. The number of H-pyrrole nitrogens is 1. The molecule has 0 atom stereocenters. The molecular weight excluding hydrogens is 268 g/mol. The van der Waals surface area contributed by atoms with Crippen molar-refractivity contribution < 1.29 is 5.11 Å². The van der Waals surface area contributed by atoms with Gasteiger partial charge in [0.15, 0.2) is 0 Å². The molecule has 0 aliphatic carbocycles. The van der Waals surface area contributed by atoms with E-state index in [0.717, 1.165) is 0 Å². The molecule has 2 heterocycles. The standard InChI is InChI=1S/C12H9ClN4O2/c1-6-14-12-15-10(18)9(11(19)17(12)16-6)7-4-2-3-5-8(7)13/h2-5,19H,1H3,(H,14,15,16,18). The van der Waals surface area contributed by atoms with Gasteiger partial charge in [-0.15, -0.1) is 5.10 Å². The molecule has 19 heavy (non-hydrogen) atoms. The lowest BCUT2D eigenvalue weighted by Crippen LogP contribution is -2.13. The van der Waals surface area contributed by atoms with Gasteiger partial charge in [0.1, 0.15) is 11.4 Å².